The van der Waals surface area contributed by atoms with Gasteiger partial charge in [0.2, 0.25) is 0 Å². The molecule has 0 aromatic rings. The topological polar surface area (TPSA) is 78.4 Å². The monoisotopic (exact) mass is 284 g/mol. The molecule has 0 bridgehead atoms. The summed E-state index contributed by atoms with van der Waals surface area (Å²) in [5.74, 6) is -0.474. The Morgan fingerprint density at radius 2 is 1.85 bits per heavy atom. The Morgan fingerprint density at radius 3 is 2.30 bits per heavy atom. The van der Waals surface area contributed by atoms with Gasteiger partial charge in [0.25, 0.3) is 0 Å². The van der Waals surface area contributed by atoms with Gasteiger partial charge in [-0.25, -0.2) is 9.59 Å². The molecule has 0 heterocycles. The molecule has 0 aliphatic heterocycles. The molecule has 5 heteroatoms. The minimum atomic E-state index is -1.20. The minimum Gasteiger partial charge on any atom is -0.480 e. The first kappa shape index (κ1) is 16.8. The van der Waals surface area contributed by atoms with Gasteiger partial charge < -0.3 is 15.7 Å². The van der Waals surface area contributed by atoms with Crippen molar-refractivity contribution in [3.05, 3.63) is 0 Å². The predicted molar refractivity (Wildman–Crippen MR) is 78.7 cm³/mol. The van der Waals surface area contributed by atoms with Gasteiger partial charge in [-0.3, -0.25) is 0 Å². The van der Waals surface area contributed by atoms with E-state index in [0.717, 1.165) is 19.3 Å². The minimum absolute atomic E-state index is 0.144. The summed E-state index contributed by atoms with van der Waals surface area (Å²) >= 11 is 0. The molecule has 1 aliphatic carbocycles. The van der Waals surface area contributed by atoms with E-state index in [-0.39, 0.29) is 12.1 Å². The van der Waals surface area contributed by atoms with Crippen molar-refractivity contribution in [1.29, 1.82) is 0 Å². The number of carbonyl (C=O) groups is 2. The average Bonchev–Trinajstić information content (AvgIpc) is 2.45. The number of carboxylic acids is 1. The fourth-order valence-corrected chi connectivity index (χ4v) is 2.84. The average molecular weight is 284 g/mol. The molecular formula is C15H28N2O3. The number of rotatable bonds is 6. The van der Waals surface area contributed by atoms with E-state index in [4.69, 9.17) is 0 Å². The fraction of sp³-hybridized carbons (Fsp3) is 0.867. The lowest BCUT2D eigenvalue weighted by Crippen LogP contribution is -2.57. The highest BCUT2D eigenvalue weighted by Crippen LogP contribution is 2.27. The van der Waals surface area contributed by atoms with Crippen LogP contribution in [-0.2, 0) is 4.79 Å². The first-order chi connectivity index (χ1) is 9.42. The summed E-state index contributed by atoms with van der Waals surface area (Å²) in [5.41, 5.74) is -1.20. The van der Waals surface area contributed by atoms with Gasteiger partial charge in [-0.2, -0.15) is 0 Å². The third-order valence-corrected chi connectivity index (χ3v) is 4.54. The van der Waals surface area contributed by atoms with Crippen molar-refractivity contribution in [2.75, 3.05) is 0 Å². The summed E-state index contributed by atoms with van der Waals surface area (Å²) in [6, 6.07) is -0.223. The maximum Gasteiger partial charge on any atom is 0.329 e. The number of amides is 2. The summed E-state index contributed by atoms with van der Waals surface area (Å²) in [4.78, 5) is 23.3. The Hall–Kier alpha value is -1.26. The van der Waals surface area contributed by atoms with Crippen molar-refractivity contribution in [2.45, 2.75) is 77.3 Å². The van der Waals surface area contributed by atoms with E-state index in [0.29, 0.717) is 12.3 Å². The van der Waals surface area contributed by atoms with Crippen LogP contribution < -0.4 is 10.6 Å². The molecule has 2 unspecified atom stereocenters. The van der Waals surface area contributed by atoms with Gasteiger partial charge >= 0.3 is 12.0 Å². The predicted octanol–water partition coefficient (Wildman–Crippen LogP) is 2.90. The zero-order valence-corrected chi connectivity index (χ0v) is 12.9. The Kier molecular flexibility index (Phi) is 6.30. The molecule has 2 atom stereocenters. The van der Waals surface area contributed by atoms with E-state index in [2.05, 4.69) is 17.6 Å². The molecule has 1 aliphatic rings. The molecule has 0 spiro atoms. The molecule has 3 N–H and O–H groups in total. The van der Waals surface area contributed by atoms with E-state index in [1.165, 1.54) is 26.2 Å². The number of carboxylic acid groups (broad SMARTS) is 1. The molecule has 1 saturated carbocycles. The molecule has 20 heavy (non-hydrogen) atoms. The number of carbonyl (C=O) groups excluding carboxylic acids is 1. The summed E-state index contributed by atoms with van der Waals surface area (Å²) in [7, 11) is 0. The molecule has 0 radical (unpaired) electrons. The van der Waals surface area contributed by atoms with E-state index >= 15 is 0 Å². The molecule has 2 amide bonds. The van der Waals surface area contributed by atoms with Crippen molar-refractivity contribution >= 4 is 12.0 Å². The maximum absolute atomic E-state index is 12.0. The smallest absolute Gasteiger partial charge is 0.329 e. The SMILES string of the molecule is CCC(NC(=O)NC(C)(CC)C(=O)O)C1CCCCC1. The highest BCUT2D eigenvalue weighted by atomic mass is 16.4. The Balaban J connectivity index is 2.56. The van der Waals surface area contributed by atoms with Crippen molar-refractivity contribution < 1.29 is 14.7 Å². The van der Waals surface area contributed by atoms with Crippen LogP contribution in [0.25, 0.3) is 0 Å². The normalized spacial score (nSPS) is 20.8. The molecule has 0 saturated heterocycles. The van der Waals surface area contributed by atoms with Crippen LogP contribution in [-0.4, -0.2) is 28.7 Å². The second-order valence-corrected chi connectivity index (χ2v) is 6.00. The standard InChI is InChI=1S/C15H28N2O3/c1-4-12(11-9-7-6-8-10-11)16-14(20)17-15(3,5-2)13(18)19/h11-12H,4-10H2,1-3H3,(H,18,19)(H2,16,17,20). The van der Waals surface area contributed by atoms with Crippen LogP contribution >= 0.6 is 0 Å². The molecule has 1 rings (SSSR count). The highest BCUT2D eigenvalue weighted by Gasteiger charge is 2.33. The van der Waals surface area contributed by atoms with E-state index < -0.39 is 11.5 Å². The van der Waals surface area contributed by atoms with Crippen LogP contribution in [0.2, 0.25) is 0 Å². The van der Waals surface area contributed by atoms with Crippen molar-refractivity contribution in [1.82, 2.24) is 10.6 Å². The van der Waals surface area contributed by atoms with Crippen LogP contribution in [0.5, 0.6) is 0 Å². The molecule has 116 valence electrons. The summed E-state index contributed by atoms with van der Waals surface area (Å²) in [6.45, 7) is 5.36. The van der Waals surface area contributed by atoms with Gasteiger partial charge in [-0.05, 0) is 38.5 Å². The first-order valence-corrected chi connectivity index (χ1v) is 7.75. The summed E-state index contributed by atoms with van der Waals surface area (Å²) < 4.78 is 0. The van der Waals surface area contributed by atoms with Gasteiger partial charge in [0.15, 0.2) is 0 Å². The molecule has 5 nitrogen and oxygen atoms in total. The molecular weight excluding hydrogens is 256 g/mol. The summed E-state index contributed by atoms with van der Waals surface area (Å²) in [5, 5.41) is 14.7. The van der Waals surface area contributed by atoms with E-state index in [1.807, 2.05) is 0 Å². The Morgan fingerprint density at radius 1 is 1.25 bits per heavy atom. The number of hydrogen-bond donors (Lipinski definition) is 3. The number of hydrogen-bond acceptors (Lipinski definition) is 2. The number of urea groups is 1. The lowest BCUT2D eigenvalue weighted by atomic mass is 9.83. The van der Waals surface area contributed by atoms with E-state index in [9.17, 15) is 14.7 Å². The van der Waals surface area contributed by atoms with Gasteiger partial charge in [0.1, 0.15) is 5.54 Å². The van der Waals surface area contributed by atoms with E-state index in [1.54, 1.807) is 6.92 Å². The quantitative estimate of drug-likeness (QED) is 0.701. The first-order valence-electron chi connectivity index (χ1n) is 7.75. The lowest BCUT2D eigenvalue weighted by Gasteiger charge is -2.32. The number of aliphatic carboxylic acids is 1. The van der Waals surface area contributed by atoms with Crippen LogP contribution in [0.15, 0.2) is 0 Å². The Labute approximate surface area is 121 Å². The van der Waals surface area contributed by atoms with Gasteiger partial charge in [-0.15, -0.1) is 0 Å². The van der Waals surface area contributed by atoms with Crippen molar-refractivity contribution in [3.8, 4) is 0 Å². The van der Waals surface area contributed by atoms with Gasteiger partial charge in [0, 0.05) is 6.04 Å². The third-order valence-electron chi connectivity index (χ3n) is 4.54. The van der Waals surface area contributed by atoms with Crippen LogP contribution in [0.1, 0.15) is 65.7 Å². The van der Waals surface area contributed by atoms with Gasteiger partial charge in [0.05, 0.1) is 0 Å². The molecule has 0 aromatic carbocycles. The number of nitrogens with one attached hydrogen (secondary N) is 2. The largest absolute Gasteiger partial charge is 0.480 e. The van der Waals surface area contributed by atoms with Crippen molar-refractivity contribution in [2.24, 2.45) is 5.92 Å². The third kappa shape index (κ3) is 4.39. The maximum atomic E-state index is 12.0. The zero-order valence-electron chi connectivity index (χ0n) is 12.9. The Bertz CT molecular complexity index is 340. The second kappa shape index (κ2) is 7.50. The molecule has 1 fully saturated rings. The summed E-state index contributed by atoms with van der Waals surface area (Å²) in [6.07, 6.45) is 7.29. The lowest BCUT2D eigenvalue weighted by molar-refractivity contribution is -0.143. The van der Waals surface area contributed by atoms with Crippen LogP contribution in [0.3, 0.4) is 0 Å². The van der Waals surface area contributed by atoms with Crippen LogP contribution in [0.4, 0.5) is 4.79 Å². The van der Waals surface area contributed by atoms with Crippen LogP contribution in [0, 0.1) is 5.92 Å². The van der Waals surface area contributed by atoms with Crippen molar-refractivity contribution in [3.63, 3.8) is 0 Å². The molecule has 0 aromatic heterocycles. The zero-order chi connectivity index (χ0) is 15.2. The highest BCUT2D eigenvalue weighted by molar-refractivity contribution is 5.85. The second-order valence-electron chi connectivity index (χ2n) is 6.00. The fourth-order valence-electron chi connectivity index (χ4n) is 2.84. The van der Waals surface area contributed by atoms with Gasteiger partial charge in [-0.1, -0.05) is 33.1 Å².